The summed E-state index contributed by atoms with van der Waals surface area (Å²) in [5.74, 6) is 0.120. The van der Waals surface area contributed by atoms with Gasteiger partial charge in [0.15, 0.2) is 5.82 Å². The van der Waals surface area contributed by atoms with Crippen molar-refractivity contribution in [2.75, 3.05) is 47.6 Å². The third-order valence-corrected chi connectivity index (χ3v) is 8.49. The van der Waals surface area contributed by atoms with Crippen LogP contribution in [-0.4, -0.2) is 45.8 Å². The van der Waals surface area contributed by atoms with Gasteiger partial charge in [0.05, 0.1) is 21.4 Å². The number of piperazine rings is 1. The third-order valence-electron chi connectivity index (χ3n) is 7.53. The fraction of sp³-hybridized carbons (Fsp3) is 0.355. The van der Waals surface area contributed by atoms with E-state index in [0.29, 0.717) is 48.1 Å². The van der Waals surface area contributed by atoms with Gasteiger partial charge in [0, 0.05) is 58.1 Å². The minimum atomic E-state index is -1.39. The molecule has 0 spiro atoms. The van der Waals surface area contributed by atoms with Crippen LogP contribution in [-0.2, 0) is 24.9 Å². The van der Waals surface area contributed by atoms with Crippen molar-refractivity contribution >= 4 is 28.1 Å². The van der Waals surface area contributed by atoms with E-state index in [9.17, 15) is 22.6 Å². The van der Waals surface area contributed by atoms with Crippen molar-refractivity contribution in [1.29, 1.82) is 0 Å². The Kier molecular flexibility index (Phi) is 9.50. The van der Waals surface area contributed by atoms with E-state index in [0.717, 1.165) is 16.9 Å². The molecule has 1 fully saturated rings. The number of pyridine rings is 1. The monoisotopic (exact) mass is 597 g/mol. The zero-order valence-electron chi connectivity index (χ0n) is 24.8. The summed E-state index contributed by atoms with van der Waals surface area (Å²) in [7, 11) is 1.92. The van der Waals surface area contributed by atoms with Crippen molar-refractivity contribution in [1.82, 2.24) is 9.13 Å². The first-order valence-corrected chi connectivity index (χ1v) is 15.2. The van der Waals surface area contributed by atoms with E-state index < -0.39 is 28.0 Å². The van der Waals surface area contributed by atoms with Gasteiger partial charge < -0.3 is 15.1 Å². The second-order valence-corrected chi connectivity index (χ2v) is 12.0. The summed E-state index contributed by atoms with van der Waals surface area (Å²) in [6.45, 7) is 7.97. The van der Waals surface area contributed by atoms with E-state index in [1.807, 2.05) is 43.0 Å². The first-order chi connectivity index (χ1) is 19.9. The number of anilines is 3. The number of aromatic nitrogens is 2. The Morgan fingerprint density at radius 3 is 1.98 bits per heavy atom. The fourth-order valence-electron chi connectivity index (χ4n) is 5.24. The van der Waals surface area contributed by atoms with Gasteiger partial charge in [-0.1, -0.05) is 23.8 Å². The van der Waals surface area contributed by atoms with Gasteiger partial charge in [-0.3, -0.25) is 22.9 Å². The molecular weight excluding hydrogens is 560 g/mol. The molecule has 3 aromatic rings. The molecule has 3 heterocycles. The average molecular weight is 598 g/mol. The van der Waals surface area contributed by atoms with Crippen molar-refractivity contribution in [2.45, 2.75) is 31.7 Å². The molecule has 1 aliphatic rings. The van der Waals surface area contributed by atoms with Crippen molar-refractivity contribution < 1.29 is 13.0 Å². The third kappa shape index (κ3) is 6.73. The molecule has 0 radical (unpaired) electrons. The first-order valence-electron chi connectivity index (χ1n) is 13.7. The maximum atomic E-state index is 13.9. The van der Waals surface area contributed by atoms with Crippen LogP contribution in [0.4, 0.5) is 26.1 Å². The largest absolute Gasteiger partial charge is 0.378 e. The number of halogens is 2. The zero-order chi connectivity index (χ0) is 30.7. The van der Waals surface area contributed by atoms with Crippen molar-refractivity contribution in [3.8, 4) is 0 Å². The second kappa shape index (κ2) is 12.9. The highest BCUT2D eigenvalue weighted by Gasteiger charge is 2.21. The van der Waals surface area contributed by atoms with Gasteiger partial charge in [-0.25, -0.2) is 8.78 Å². The minimum Gasteiger partial charge on any atom is -0.378 e. The van der Waals surface area contributed by atoms with E-state index in [1.54, 1.807) is 37.7 Å². The van der Waals surface area contributed by atoms with Crippen LogP contribution in [0.1, 0.15) is 29.7 Å². The Bertz CT molecular complexity index is 1700. The van der Waals surface area contributed by atoms with E-state index in [-0.39, 0.29) is 11.6 Å². The lowest BCUT2D eigenvalue weighted by Gasteiger charge is -2.38. The van der Waals surface area contributed by atoms with Crippen LogP contribution in [0, 0.1) is 25.5 Å². The lowest BCUT2D eigenvalue weighted by atomic mass is 10.1. The van der Waals surface area contributed by atoms with Crippen molar-refractivity contribution in [3.05, 3.63) is 104 Å². The highest BCUT2D eigenvalue weighted by atomic mass is 32.2. The van der Waals surface area contributed by atoms with Gasteiger partial charge in [0.1, 0.15) is 17.5 Å². The number of hydrogen-bond donors (Lipinski definition) is 1. The second-order valence-electron chi connectivity index (χ2n) is 10.6. The van der Waals surface area contributed by atoms with E-state index in [1.165, 1.54) is 29.0 Å². The van der Waals surface area contributed by atoms with Crippen LogP contribution in [0.2, 0.25) is 0 Å². The number of nitrogens with one attached hydrogen (secondary N) is 1. The standard InChI is InChI=1S/C31H37F2N5O3S/c1-20-17-21(2)30(39)35(4)28(37-13-15-38(16-14-37)29-12-9-25(33)31(40)36(29)5)11-7-23(18-20)22(3)34-26-10-8-24(32)19-27(26)42(6)41/h7-12,17-19,22,34H,13-16H2,1-6H3/t22-,42?/m1/s1. The van der Waals surface area contributed by atoms with Gasteiger partial charge in [-0.15, -0.1) is 0 Å². The van der Waals surface area contributed by atoms with Crippen LogP contribution >= 0.6 is 0 Å². The molecule has 1 saturated heterocycles. The molecule has 11 heteroatoms. The SMILES string of the molecule is Cc1cc([C@@H](C)Nc2ccc(F)cc2S(C)=O)ccc(N2CCN(c3ccc(F)c(=O)n3C)CC2)n(C)c(=O)c(C)c1. The molecule has 1 unspecified atom stereocenters. The molecule has 2 aromatic heterocycles. The summed E-state index contributed by atoms with van der Waals surface area (Å²) in [4.78, 5) is 30.0. The predicted octanol–water partition coefficient (Wildman–Crippen LogP) is 4.34. The van der Waals surface area contributed by atoms with Gasteiger partial charge in [0.2, 0.25) is 0 Å². The average Bonchev–Trinajstić information content (AvgIpc) is 2.95. The molecule has 224 valence electrons. The van der Waals surface area contributed by atoms with Crippen LogP contribution in [0.15, 0.2) is 69.1 Å². The van der Waals surface area contributed by atoms with E-state index >= 15 is 0 Å². The molecule has 1 aromatic carbocycles. The Balaban J connectivity index is 1.71. The summed E-state index contributed by atoms with van der Waals surface area (Å²) in [5.41, 5.74) is 2.18. The molecule has 8 nitrogen and oxygen atoms in total. The molecule has 0 saturated carbocycles. The van der Waals surface area contributed by atoms with Crippen molar-refractivity contribution in [2.24, 2.45) is 14.1 Å². The highest BCUT2D eigenvalue weighted by molar-refractivity contribution is 7.84. The maximum Gasteiger partial charge on any atom is 0.287 e. The van der Waals surface area contributed by atoms with Gasteiger partial charge >= 0.3 is 0 Å². The molecular formula is C31H37F2N5O3S. The van der Waals surface area contributed by atoms with Crippen LogP contribution in [0.5, 0.6) is 0 Å². The molecule has 0 bridgehead atoms. The maximum absolute atomic E-state index is 13.9. The van der Waals surface area contributed by atoms with Gasteiger partial charge in [-0.05, 0) is 62.7 Å². The Morgan fingerprint density at radius 2 is 1.38 bits per heavy atom. The summed E-state index contributed by atoms with van der Waals surface area (Å²) in [6.07, 6.45) is 1.52. The molecule has 0 amide bonds. The zero-order valence-corrected chi connectivity index (χ0v) is 25.6. The minimum absolute atomic E-state index is 0.123. The molecule has 1 aliphatic heterocycles. The predicted molar refractivity (Wildman–Crippen MR) is 166 cm³/mol. The number of hydrogen-bond acceptors (Lipinski definition) is 6. The van der Waals surface area contributed by atoms with Crippen LogP contribution < -0.4 is 26.2 Å². The number of nitrogens with zero attached hydrogens (tertiary/aromatic N) is 4. The smallest absolute Gasteiger partial charge is 0.287 e. The number of benzene rings is 1. The van der Waals surface area contributed by atoms with Crippen LogP contribution in [0.3, 0.4) is 0 Å². The quantitative estimate of drug-likeness (QED) is 0.456. The number of rotatable bonds is 6. The molecule has 42 heavy (non-hydrogen) atoms. The van der Waals surface area contributed by atoms with E-state index in [2.05, 4.69) is 10.2 Å². The lowest BCUT2D eigenvalue weighted by Crippen LogP contribution is -2.49. The van der Waals surface area contributed by atoms with Crippen molar-refractivity contribution in [3.63, 3.8) is 0 Å². The summed E-state index contributed by atoms with van der Waals surface area (Å²) < 4.78 is 42.8. The Labute approximate surface area is 247 Å². The highest BCUT2D eigenvalue weighted by Crippen LogP contribution is 2.26. The summed E-state index contributed by atoms with van der Waals surface area (Å²) in [6, 6.07) is 14.5. The fourth-order valence-corrected chi connectivity index (χ4v) is 5.96. The topological polar surface area (TPSA) is 79.6 Å². The van der Waals surface area contributed by atoms with E-state index in [4.69, 9.17) is 0 Å². The van der Waals surface area contributed by atoms with Gasteiger partial charge in [0.25, 0.3) is 11.1 Å². The van der Waals surface area contributed by atoms with Gasteiger partial charge in [-0.2, -0.15) is 0 Å². The lowest BCUT2D eigenvalue weighted by molar-refractivity contribution is 0.576. The molecule has 2 atom stereocenters. The molecule has 1 N–H and O–H groups in total. The Hall–Kier alpha value is -3.99. The molecule has 0 aliphatic carbocycles. The summed E-state index contributed by atoms with van der Waals surface area (Å²) in [5, 5.41) is 3.38. The summed E-state index contributed by atoms with van der Waals surface area (Å²) >= 11 is 0. The Morgan fingerprint density at radius 1 is 0.810 bits per heavy atom. The number of aryl methyl sites for hydroxylation is 2. The first kappa shape index (κ1) is 31.0. The van der Waals surface area contributed by atoms with Crippen LogP contribution in [0.25, 0.3) is 0 Å². The normalized spacial score (nSPS) is 14.8. The molecule has 4 rings (SSSR count).